The number of imide groups is 1. The Morgan fingerprint density at radius 3 is 2.10 bits per heavy atom. The smallest absolute Gasteiger partial charge is 0.329 e. The lowest BCUT2D eigenvalue weighted by molar-refractivity contribution is -0.179. The molecule has 10 rings (SSSR count). The van der Waals surface area contributed by atoms with E-state index in [9.17, 15) is 15.0 Å². The topological polar surface area (TPSA) is 194 Å². The molecule has 1 saturated carbocycles. The predicted octanol–water partition coefficient (Wildman–Crippen LogP) is 7.67. The monoisotopic (exact) mass is 1060 g/mol. The van der Waals surface area contributed by atoms with Crippen LogP contribution in [0.2, 0.25) is 0 Å². The second-order valence-electron chi connectivity index (χ2n) is 21.1. The molecule has 3 fully saturated rings. The van der Waals surface area contributed by atoms with E-state index in [0.29, 0.717) is 53.0 Å². The number of para-hydroxylation sites is 1. The first-order chi connectivity index (χ1) is 37.8. The Hall–Kier alpha value is -7.71. The van der Waals surface area contributed by atoms with Crippen LogP contribution in [0.3, 0.4) is 0 Å². The molecular formula is C62H66N4O12. The molecule has 5 aliphatic rings. The molecule has 7 unspecified atom stereocenters. The summed E-state index contributed by atoms with van der Waals surface area (Å²) in [6, 6.07) is 28.6. The number of anilines is 1. The molecule has 0 radical (unpaired) electrons. The van der Waals surface area contributed by atoms with Gasteiger partial charge >= 0.3 is 18.0 Å². The van der Waals surface area contributed by atoms with E-state index < -0.39 is 82.9 Å². The highest BCUT2D eigenvalue weighted by molar-refractivity contribution is 6.25. The fourth-order valence-corrected chi connectivity index (χ4v) is 12.6. The largest absolute Gasteiger partial charge is 0.493 e. The van der Waals surface area contributed by atoms with E-state index in [2.05, 4.69) is 17.2 Å². The Morgan fingerprint density at radius 2 is 1.45 bits per heavy atom. The number of nitrogens with zero attached hydrogens (tertiary/aromatic N) is 3. The number of cyclic esters (lactones) is 1. The van der Waals surface area contributed by atoms with Gasteiger partial charge in [-0.3, -0.25) is 19.3 Å². The van der Waals surface area contributed by atoms with E-state index in [1.807, 2.05) is 77.7 Å². The van der Waals surface area contributed by atoms with Crippen LogP contribution in [0.15, 0.2) is 115 Å². The third-order valence-corrected chi connectivity index (χ3v) is 16.3. The maximum Gasteiger partial charge on any atom is 0.329 e. The maximum absolute atomic E-state index is 17.1. The highest BCUT2D eigenvalue weighted by Gasteiger charge is 2.76. The van der Waals surface area contributed by atoms with Gasteiger partial charge < -0.3 is 44.1 Å². The van der Waals surface area contributed by atoms with Crippen LogP contribution in [0.5, 0.6) is 17.2 Å². The van der Waals surface area contributed by atoms with E-state index in [-0.39, 0.29) is 43.3 Å². The second-order valence-corrected chi connectivity index (χ2v) is 21.1. The van der Waals surface area contributed by atoms with Crippen LogP contribution in [0.4, 0.5) is 10.5 Å². The predicted molar refractivity (Wildman–Crippen MR) is 288 cm³/mol. The lowest BCUT2D eigenvalue weighted by atomic mass is 9.64. The summed E-state index contributed by atoms with van der Waals surface area (Å²) in [5, 5.41) is 25.0. The summed E-state index contributed by atoms with van der Waals surface area (Å²) in [4.78, 5) is 83.2. The molecule has 406 valence electrons. The number of hydrogen-bond acceptors (Lipinski definition) is 13. The van der Waals surface area contributed by atoms with Crippen molar-refractivity contribution in [2.75, 3.05) is 46.0 Å². The molecule has 1 aliphatic carbocycles. The van der Waals surface area contributed by atoms with E-state index in [4.69, 9.17) is 23.7 Å². The first-order valence-electron chi connectivity index (χ1n) is 26.8. The number of ether oxygens (including phenoxy) is 5. The van der Waals surface area contributed by atoms with E-state index in [1.54, 1.807) is 68.3 Å². The zero-order chi connectivity index (χ0) is 54.9. The number of carbonyl (C=O) groups is 5. The number of fused-ring (bicyclic) bond motifs is 4. The summed E-state index contributed by atoms with van der Waals surface area (Å²) in [7, 11) is 4.30. The molecule has 78 heavy (non-hydrogen) atoms. The molecular weight excluding hydrogens is 993 g/mol. The number of benzene rings is 5. The van der Waals surface area contributed by atoms with Crippen molar-refractivity contribution in [1.29, 1.82) is 0 Å². The average molecular weight is 1060 g/mol. The number of rotatable bonds is 12. The highest BCUT2D eigenvalue weighted by atomic mass is 16.6. The van der Waals surface area contributed by atoms with Crippen LogP contribution in [0.25, 0.3) is 0 Å². The molecule has 16 nitrogen and oxygen atoms in total. The van der Waals surface area contributed by atoms with Gasteiger partial charge in [0.25, 0.3) is 0 Å². The SMILES string of the molecule is COC(=O)C(NC(=O)N1C(=O)C2(c3cc(C#CC4(O)CCCCCC4)ccc31)C(C(=O)N1CCc3cc(OC)c(OC)cc3C1)C1C(=O)OC(c3ccccc3)C(c3ccccc3)N1C2c1ccccc1OCCO)C(C)C. The van der Waals surface area contributed by atoms with Crippen LogP contribution < -0.4 is 24.4 Å². The van der Waals surface area contributed by atoms with Gasteiger partial charge in [-0.25, -0.2) is 14.5 Å². The quantitative estimate of drug-likeness (QED) is 0.0627. The lowest BCUT2D eigenvalue weighted by Crippen LogP contribution is -2.58. The summed E-state index contributed by atoms with van der Waals surface area (Å²) in [6.07, 6.45) is 3.87. The summed E-state index contributed by atoms with van der Waals surface area (Å²) in [5.74, 6) is 2.61. The van der Waals surface area contributed by atoms with Crippen molar-refractivity contribution in [3.05, 3.63) is 154 Å². The number of carbonyl (C=O) groups excluding carboxylic acids is 5. The summed E-state index contributed by atoms with van der Waals surface area (Å²) in [5.41, 5.74) is 0.605. The molecule has 5 aromatic carbocycles. The summed E-state index contributed by atoms with van der Waals surface area (Å²) < 4.78 is 29.7. The van der Waals surface area contributed by atoms with Crippen molar-refractivity contribution in [1.82, 2.24) is 15.1 Å². The number of hydrogen-bond donors (Lipinski definition) is 3. The summed E-state index contributed by atoms with van der Waals surface area (Å²) in [6.45, 7) is 3.20. The number of aliphatic hydroxyl groups is 2. The van der Waals surface area contributed by atoms with Crippen LogP contribution in [-0.2, 0) is 47.0 Å². The van der Waals surface area contributed by atoms with Crippen LogP contribution in [0.1, 0.15) is 110 Å². The first kappa shape index (κ1) is 53.7. The van der Waals surface area contributed by atoms with Crippen LogP contribution in [0, 0.1) is 23.7 Å². The molecule has 2 saturated heterocycles. The van der Waals surface area contributed by atoms with Gasteiger partial charge in [-0.2, -0.15) is 0 Å². The Bertz CT molecular complexity index is 3150. The van der Waals surface area contributed by atoms with Crippen LogP contribution in [-0.4, -0.2) is 109 Å². The van der Waals surface area contributed by atoms with Crippen molar-refractivity contribution in [2.45, 2.75) is 107 Å². The van der Waals surface area contributed by atoms with Gasteiger partial charge in [0.15, 0.2) is 11.5 Å². The fourth-order valence-electron chi connectivity index (χ4n) is 12.6. The molecule has 0 aromatic heterocycles. The van der Waals surface area contributed by atoms with Crippen molar-refractivity contribution in [2.24, 2.45) is 11.8 Å². The number of amides is 4. The van der Waals surface area contributed by atoms with Crippen molar-refractivity contribution in [3.63, 3.8) is 0 Å². The standard InChI is InChI=1S/C62H66N4O12/c1-38(2)51(57(69)76-5)63-60(72)65-46-25-24-39(26-30-61(73)28-16-6-7-17-29-61)34-45(46)62(59(65)71)50(56(68)64-31-27-42-35-48(74-3)49(75-4)36-43(42)37-64)53-58(70)78-54(41-20-12-9-13-21-41)52(40-18-10-8-11-19-40)66(53)55(62)44-22-14-15-23-47(44)77-33-32-67/h8-15,18-25,34-36,38,50-55,67,73H,6-7,16-17,27-29,31-33,37H2,1-5H3,(H,63,72). The molecule has 7 atom stereocenters. The number of aliphatic hydroxyl groups excluding tert-OH is 1. The van der Waals surface area contributed by atoms with Gasteiger partial charge in [-0.05, 0) is 102 Å². The highest BCUT2D eigenvalue weighted by Crippen LogP contribution is 2.67. The molecule has 5 aromatic rings. The normalized spacial score (nSPS) is 23.7. The Kier molecular flexibility index (Phi) is 15.4. The molecule has 1 spiro atoms. The third-order valence-electron chi connectivity index (χ3n) is 16.3. The first-order valence-corrected chi connectivity index (χ1v) is 26.8. The minimum Gasteiger partial charge on any atom is -0.493 e. The van der Waals surface area contributed by atoms with Crippen molar-refractivity contribution < 1.29 is 57.9 Å². The molecule has 4 heterocycles. The van der Waals surface area contributed by atoms with Gasteiger partial charge in [0.2, 0.25) is 11.8 Å². The molecule has 3 N–H and O–H groups in total. The molecule has 16 heteroatoms. The van der Waals surface area contributed by atoms with Gasteiger partial charge in [0, 0.05) is 24.2 Å². The molecule has 4 aliphatic heterocycles. The number of morpholine rings is 1. The Morgan fingerprint density at radius 1 is 0.795 bits per heavy atom. The molecule has 0 bridgehead atoms. The van der Waals surface area contributed by atoms with Gasteiger partial charge in [0.1, 0.15) is 41.6 Å². The number of methoxy groups -OCH3 is 3. The number of esters is 2. The minimum absolute atomic E-state index is 0.0586. The van der Waals surface area contributed by atoms with Gasteiger partial charge in [-0.1, -0.05) is 117 Å². The second kappa shape index (κ2) is 22.3. The fraction of sp³-hybridized carbons (Fsp3) is 0.403. The maximum atomic E-state index is 17.1. The number of nitrogens with one attached hydrogen (secondary N) is 1. The lowest BCUT2D eigenvalue weighted by Gasteiger charge is -2.46. The average Bonchev–Trinajstić information content (AvgIpc) is 2.73. The minimum atomic E-state index is -2.21. The Labute approximate surface area is 454 Å². The van der Waals surface area contributed by atoms with E-state index in [1.165, 1.54) is 14.2 Å². The summed E-state index contributed by atoms with van der Waals surface area (Å²) >= 11 is 0. The Balaban J connectivity index is 1.29. The van der Waals surface area contributed by atoms with E-state index in [0.717, 1.165) is 41.7 Å². The number of urea groups is 1. The van der Waals surface area contributed by atoms with Gasteiger partial charge in [-0.15, -0.1) is 0 Å². The van der Waals surface area contributed by atoms with E-state index >= 15 is 19.2 Å². The zero-order valence-corrected chi connectivity index (χ0v) is 44.6. The van der Waals surface area contributed by atoms with Gasteiger partial charge in [0.05, 0.1) is 51.6 Å². The van der Waals surface area contributed by atoms with Crippen molar-refractivity contribution in [3.8, 4) is 29.1 Å². The zero-order valence-electron chi connectivity index (χ0n) is 44.6. The molecule has 4 amide bonds. The van der Waals surface area contributed by atoms with Crippen molar-refractivity contribution >= 4 is 35.5 Å². The third kappa shape index (κ3) is 9.51. The van der Waals surface area contributed by atoms with Crippen LogP contribution >= 0.6 is 0 Å².